The van der Waals surface area contributed by atoms with Gasteiger partial charge in [0.25, 0.3) is 0 Å². The smallest absolute Gasteiger partial charge is 0.0202 e. The third kappa shape index (κ3) is 1.50. The van der Waals surface area contributed by atoms with E-state index in [4.69, 9.17) is 0 Å². The molecule has 2 rings (SSSR count). The molecule has 0 aliphatic heterocycles. The number of hydrogen-bond acceptors (Lipinski definition) is 0. The summed E-state index contributed by atoms with van der Waals surface area (Å²) in [5, 5.41) is 0. The Morgan fingerprint density at radius 1 is 1.00 bits per heavy atom. The number of rotatable bonds is 4. The molecule has 2 aliphatic carbocycles. The molecule has 0 spiro atoms. The Labute approximate surface area is 115 Å². The maximum Gasteiger partial charge on any atom is -0.0202 e. The van der Waals surface area contributed by atoms with E-state index < -0.39 is 0 Å². The molecule has 0 aromatic heterocycles. The SMILES string of the molecule is CCC(C)(C)C(C)(CC)C12CCC(C)C1C(C)C2. The van der Waals surface area contributed by atoms with Crippen LogP contribution in [0.1, 0.15) is 80.6 Å². The van der Waals surface area contributed by atoms with Crippen LogP contribution in [0.15, 0.2) is 0 Å². The number of fused-ring (bicyclic) bond motifs is 1. The summed E-state index contributed by atoms with van der Waals surface area (Å²) in [6.07, 6.45) is 7.13. The molecule has 0 N–H and O–H groups in total. The lowest BCUT2D eigenvalue weighted by Crippen LogP contribution is -2.59. The fraction of sp³-hybridized carbons (Fsp3) is 1.00. The highest BCUT2D eigenvalue weighted by atomic mass is 14.7. The Morgan fingerprint density at radius 2 is 1.61 bits per heavy atom. The van der Waals surface area contributed by atoms with Crippen molar-refractivity contribution in [3.05, 3.63) is 0 Å². The summed E-state index contributed by atoms with van der Waals surface area (Å²) < 4.78 is 0. The van der Waals surface area contributed by atoms with Crippen LogP contribution in [0.5, 0.6) is 0 Å². The first-order chi connectivity index (χ1) is 8.25. The summed E-state index contributed by atoms with van der Waals surface area (Å²) in [5.74, 6) is 2.95. The van der Waals surface area contributed by atoms with Crippen molar-refractivity contribution in [2.75, 3.05) is 0 Å². The van der Waals surface area contributed by atoms with Crippen molar-refractivity contribution in [3.8, 4) is 0 Å². The monoisotopic (exact) mass is 250 g/mol. The molecule has 2 fully saturated rings. The third-order valence-electron chi connectivity index (χ3n) is 7.78. The van der Waals surface area contributed by atoms with Crippen molar-refractivity contribution >= 4 is 0 Å². The minimum absolute atomic E-state index is 0.476. The number of hydrogen-bond donors (Lipinski definition) is 0. The van der Waals surface area contributed by atoms with Gasteiger partial charge in [0.05, 0.1) is 0 Å². The zero-order valence-electron chi connectivity index (χ0n) is 13.8. The average Bonchev–Trinajstić information content (AvgIpc) is 2.59. The van der Waals surface area contributed by atoms with E-state index in [1.54, 1.807) is 0 Å². The van der Waals surface area contributed by atoms with Gasteiger partial charge in [0.2, 0.25) is 0 Å². The van der Waals surface area contributed by atoms with Crippen LogP contribution < -0.4 is 0 Å². The summed E-state index contributed by atoms with van der Waals surface area (Å²) in [7, 11) is 0. The highest BCUT2D eigenvalue weighted by molar-refractivity contribution is 5.15. The standard InChI is InChI=1S/C18H34/c1-8-16(5,6)17(7,9-2)18-11-10-13(3)15(18)14(4)12-18/h13-15H,8-12H2,1-7H3. The van der Waals surface area contributed by atoms with Crippen LogP contribution >= 0.6 is 0 Å². The zero-order chi connectivity index (χ0) is 13.8. The summed E-state index contributed by atoms with van der Waals surface area (Å²) in [4.78, 5) is 0. The highest BCUT2D eigenvalue weighted by Gasteiger charge is 2.67. The molecule has 2 saturated carbocycles. The Morgan fingerprint density at radius 3 is 2.06 bits per heavy atom. The van der Waals surface area contributed by atoms with Gasteiger partial charge < -0.3 is 0 Å². The molecule has 0 radical (unpaired) electrons. The van der Waals surface area contributed by atoms with E-state index in [1.807, 2.05) is 0 Å². The largest absolute Gasteiger partial charge is 0.0649 e. The highest BCUT2D eigenvalue weighted by Crippen LogP contribution is 2.74. The molecule has 2 aliphatic rings. The lowest BCUT2D eigenvalue weighted by Gasteiger charge is -2.66. The average molecular weight is 250 g/mol. The molecule has 0 bridgehead atoms. The van der Waals surface area contributed by atoms with Gasteiger partial charge in [-0.25, -0.2) is 0 Å². The maximum atomic E-state index is 2.62. The second kappa shape index (κ2) is 4.25. The molecular weight excluding hydrogens is 216 g/mol. The van der Waals surface area contributed by atoms with Crippen molar-refractivity contribution in [3.63, 3.8) is 0 Å². The van der Waals surface area contributed by atoms with Gasteiger partial charge in [-0.15, -0.1) is 0 Å². The quantitative estimate of drug-likeness (QED) is 0.581. The van der Waals surface area contributed by atoms with Gasteiger partial charge in [-0.3, -0.25) is 0 Å². The van der Waals surface area contributed by atoms with E-state index in [-0.39, 0.29) is 0 Å². The fourth-order valence-electron chi connectivity index (χ4n) is 6.02. The van der Waals surface area contributed by atoms with Crippen LogP contribution in [-0.4, -0.2) is 0 Å². The van der Waals surface area contributed by atoms with Gasteiger partial charge >= 0.3 is 0 Å². The van der Waals surface area contributed by atoms with E-state index in [2.05, 4.69) is 48.5 Å². The predicted octanol–water partition coefficient (Wildman–Crippen LogP) is 5.91. The van der Waals surface area contributed by atoms with Crippen molar-refractivity contribution in [1.29, 1.82) is 0 Å². The van der Waals surface area contributed by atoms with Crippen molar-refractivity contribution in [1.82, 2.24) is 0 Å². The summed E-state index contributed by atoms with van der Waals surface area (Å²) in [6.45, 7) is 17.5. The fourth-order valence-corrected chi connectivity index (χ4v) is 6.02. The van der Waals surface area contributed by atoms with Crippen LogP contribution in [0, 0.1) is 34.0 Å². The van der Waals surface area contributed by atoms with Gasteiger partial charge in [0.1, 0.15) is 0 Å². The molecule has 0 heteroatoms. The molecule has 0 aromatic carbocycles. The first-order valence-corrected chi connectivity index (χ1v) is 8.25. The third-order valence-corrected chi connectivity index (χ3v) is 7.78. The van der Waals surface area contributed by atoms with Crippen molar-refractivity contribution < 1.29 is 0 Å². The van der Waals surface area contributed by atoms with E-state index in [1.165, 1.54) is 32.1 Å². The summed E-state index contributed by atoms with van der Waals surface area (Å²) >= 11 is 0. The van der Waals surface area contributed by atoms with E-state index in [0.717, 1.165) is 17.8 Å². The van der Waals surface area contributed by atoms with Gasteiger partial charge in [-0.2, -0.15) is 0 Å². The molecule has 18 heavy (non-hydrogen) atoms. The van der Waals surface area contributed by atoms with Gasteiger partial charge in [0.15, 0.2) is 0 Å². The molecule has 0 nitrogen and oxygen atoms in total. The van der Waals surface area contributed by atoms with Gasteiger partial charge in [-0.1, -0.05) is 54.9 Å². The minimum atomic E-state index is 0.476. The second-order valence-corrected chi connectivity index (χ2v) is 8.30. The Hall–Kier alpha value is 0. The van der Waals surface area contributed by atoms with E-state index >= 15 is 0 Å². The Balaban J connectivity index is 2.40. The van der Waals surface area contributed by atoms with Crippen molar-refractivity contribution in [2.24, 2.45) is 34.0 Å². The summed E-state index contributed by atoms with van der Waals surface area (Å²) in [6, 6.07) is 0. The molecule has 5 unspecified atom stereocenters. The van der Waals surface area contributed by atoms with E-state index in [0.29, 0.717) is 16.2 Å². The van der Waals surface area contributed by atoms with Crippen LogP contribution in [0.25, 0.3) is 0 Å². The van der Waals surface area contributed by atoms with Crippen LogP contribution in [-0.2, 0) is 0 Å². The molecule has 0 aromatic rings. The molecule has 106 valence electrons. The molecule has 0 saturated heterocycles. The Kier molecular flexibility index (Phi) is 3.40. The lowest BCUT2D eigenvalue weighted by molar-refractivity contribution is -0.176. The van der Waals surface area contributed by atoms with Crippen LogP contribution in [0.2, 0.25) is 0 Å². The maximum absolute atomic E-state index is 2.62. The zero-order valence-corrected chi connectivity index (χ0v) is 13.8. The minimum Gasteiger partial charge on any atom is -0.0649 e. The molecular formula is C18H34. The predicted molar refractivity (Wildman–Crippen MR) is 80.6 cm³/mol. The van der Waals surface area contributed by atoms with Gasteiger partial charge in [0, 0.05) is 0 Å². The summed E-state index contributed by atoms with van der Waals surface area (Å²) in [5.41, 5.74) is 1.67. The van der Waals surface area contributed by atoms with Gasteiger partial charge in [-0.05, 0) is 59.7 Å². The second-order valence-electron chi connectivity index (χ2n) is 8.30. The van der Waals surface area contributed by atoms with Crippen LogP contribution in [0.3, 0.4) is 0 Å². The lowest BCUT2D eigenvalue weighted by atomic mass is 9.38. The Bertz CT molecular complexity index is 312. The van der Waals surface area contributed by atoms with Crippen molar-refractivity contribution in [2.45, 2.75) is 80.6 Å². The normalized spacial score (nSPS) is 43.2. The molecule has 0 amide bonds. The topological polar surface area (TPSA) is 0 Å². The molecule has 0 heterocycles. The van der Waals surface area contributed by atoms with Crippen LogP contribution in [0.4, 0.5) is 0 Å². The first kappa shape index (κ1) is 14.4. The van der Waals surface area contributed by atoms with E-state index in [9.17, 15) is 0 Å². The first-order valence-electron chi connectivity index (χ1n) is 8.25. The molecule has 5 atom stereocenters.